The van der Waals surface area contributed by atoms with Gasteiger partial charge in [-0.3, -0.25) is 0 Å². The van der Waals surface area contributed by atoms with Gasteiger partial charge in [-0.15, -0.1) is 0 Å². The molecule has 0 saturated carbocycles. The molecule has 0 aliphatic rings. The first-order valence-corrected chi connectivity index (χ1v) is 6.12. The largest absolute Gasteiger partial charge is 0.450 e. The van der Waals surface area contributed by atoms with Gasteiger partial charge in [0.15, 0.2) is 22.1 Å². The zero-order chi connectivity index (χ0) is 12.9. The third-order valence-electron chi connectivity index (χ3n) is 3.10. The quantitative estimate of drug-likeness (QED) is 0.584. The first kappa shape index (κ1) is 11.5. The van der Waals surface area contributed by atoms with Crippen molar-refractivity contribution in [3.05, 3.63) is 40.9 Å². The fraction of sp³-hybridized carbons (Fsp3) is 0.214. The van der Waals surface area contributed by atoms with Crippen LogP contribution in [-0.2, 0) is 0 Å². The second-order valence-electron chi connectivity index (χ2n) is 4.58. The molecule has 0 radical (unpaired) electrons. The first-order valence-electron chi connectivity index (χ1n) is 5.74. The summed E-state index contributed by atoms with van der Waals surface area (Å²) in [5.41, 5.74) is 1.34. The van der Waals surface area contributed by atoms with Gasteiger partial charge in [0.25, 0.3) is 0 Å². The van der Waals surface area contributed by atoms with Gasteiger partial charge in [0.1, 0.15) is 0 Å². The van der Waals surface area contributed by atoms with Crippen LogP contribution in [0.4, 0.5) is 4.39 Å². The molecule has 0 atom stereocenters. The van der Waals surface area contributed by atoms with E-state index in [2.05, 4.69) is 4.98 Å². The molecule has 4 heteroatoms. The highest BCUT2D eigenvalue weighted by molar-refractivity contribution is 6.34. The molecule has 3 aromatic rings. The summed E-state index contributed by atoms with van der Waals surface area (Å²) in [6.45, 7) is 3.89. The summed E-state index contributed by atoms with van der Waals surface area (Å²) >= 11 is 5.96. The Morgan fingerprint density at radius 3 is 2.61 bits per heavy atom. The maximum atomic E-state index is 14.3. The fourth-order valence-corrected chi connectivity index (χ4v) is 2.36. The molecule has 0 N–H and O–H groups in total. The molecule has 2 nitrogen and oxygen atoms in total. The van der Waals surface area contributed by atoms with E-state index in [0.29, 0.717) is 11.1 Å². The van der Waals surface area contributed by atoms with Gasteiger partial charge in [-0.2, -0.15) is 0 Å². The Hall–Kier alpha value is -1.61. The monoisotopic (exact) mass is 263 g/mol. The van der Waals surface area contributed by atoms with Crippen molar-refractivity contribution in [1.82, 2.24) is 4.98 Å². The molecule has 2 aromatic heterocycles. The van der Waals surface area contributed by atoms with Crippen molar-refractivity contribution in [1.29, 1.82) is 0 Å². The number of nitrogens with zero attached hydrogens (tertiary/aromatic N) is 1. The topological polar surface area (TPSA) is 26.0 Å². The number of furan rings is 1. The fourth-order valence-electron chi connectivity index (χ4n) is 2.16. The van der Waals surface area contributed by atoms with Crippen molar-refractivity contribution in [2.24, 2.45) is 0 Å². The molecular weight excluding hydrogens is 253 g/mol. The third-order valence-corrected chi connectivity index (χ3v) is 3.37. The highest BCUT2D eigenvalue weighted by Gasteiger charge is 2.17. The average Bonchev–Trinajstić information content (AvgIpc) is 2.70. The molecule has 0 amide bonds. The number of halogens is 2. The lowest BCUT2D eigenvalue weighted by atomic mass is 10.0. The van der Waals surface area contributed by atoms with Crippen molar-refractivity contribution in [2.75, 3.05) is 0 Å². The zero-order valence-electron chi connectivity index (χ0n) is 10.00. The van der Waals surface area contributed by atoms with E-state index in [1.807, 2.05) is 19.9 Å². The number of pyridine rings is 1. The highest BCUT2D eigenvalue weighted by atomic mass is 35.5. The molecule has 0 saturated heterocycles. The molecule has 0 bridgehead atoms. The van der Waals surface area contributed by atoms with E-state index < -0.39 is 0 Å². The lowest BCUT2D eigenvalue weighted by Crippen LogP contribution is -1.92. The Kier molecular flexibility index (Phi) is 2.52. The van der Waals surface area contributed by atoms with E-state index in [1.165, 1.54) is 0 Å². The number of rotatable bonds is 1. The maximum absolute atomic E-state index is 14.3. The Morgan fingerprint density at radius 1 is 1.17 bits per heavy atom. The van der Waals surface area contributed by atoms with Crippen molar-refractivity contribution >= 4 is 33.5 Å². The molecule has 0 unspecified atom stereocenters. The van der Waals surface area contributed by atoms with E-state index >= 15 is 0 Å². The lowest BCUT2D eigenvalue weighted by molar-refractivity contribution is 0.565. The highest BCUT2D eigenvalue weighted by Crippen LogP contribution is 2.35. The molecular formula is C14H11ClFNO. The number of hydrogen-bond donors (Lipinski definition) is 0. The van der Waals surface area contributed by atoms with E-state index in [9.17, 15) is 4.39 Å². The van der Waals surface area contributed by atoms with E-state index in [1.54, 1.807) is 18.3 Å². The van der Waals surface area contributed by atoms with E-state index in [4.69, 9.17) is 16.0 Å². The van der Waals surface area contributed by atoms with Crippen molar-refractivity contribution in [3.8, 4) is 0 Å². The Bertz CT molecular complexity index is 748. The van der Waals surface area contributed by atoms with Gasteiger partial charge in [0.2, 0.25) is 0 Å². The normalized spacial score (nSPS) is 11.8. The molecule has 0 aliphatic heterocycles. The maximum Gasteiger partial charge on any atom is 0.172 e. The number of hydrogen-bond acceptors (Lipinski definition) is 2. The van der Waals surface area contributed by atoms with Crippen LogP contribution in [0.25, 0.3) is 21.9 Å². The molecule has 0 aliphatic carbocycles. The second-order valence-corrected chi connectivity index (χ2v) is 4.94. The van der Waals surface area contributed by atoms with E-state index in [-0.39, 0.29) is 22.5 Å². The lowest BCUT2D eigenvalue weighted by Gasteiger charge is -2.06. The minimum Gasteiger partial charge on any atom is -0.450 e. The summed E-state index contributed by atoms with van der Waals surface area (Å²) in [6.07, 6.45) is 1.59. The number of fused-ring (bicyclic) bond motifs is 3. The van der Waals surface area contributed by atoms with Crippen molar-refractivity contribution in [3.63, 3.8) is 0 Å². The van der Waals surface area contributed by atoms with Crippen LogP contribution in [0.3, 0.4) is 0 Å². The van der Waals surface area contributed by atoms with Crippen molar-refractivity contribution in [2.45, 2.75) is 19.8 Å². The number of aromatic nitrogens is 1. The van der Waals surface area contributed by atoms with Gasteiger partial charge < -0.3 is 4.42 Å². The molecule has 0 spiro atoms. The summed E-state index contributed by atoms with van der Waals surface area (Å²) < 4.78 is 19.9. The summed E-state index contributed by atoms with van der Waals surface area (Å²) in [5, 5.41) is 1.78. The summed E-state index contributed by atoms with van der Waals surface area (Å²) in [4.78, 5) is 3.94. The predicted octanol–water partition coefficient (Wildman–Crippen LogP) is 4.90. The number of benzene rings is 1. The van der Waals surface area contributed by atoms with Crippen LogP contribution in [0, 0.1) is 5.82 Å². The van der Waals surface area contributed by atoms with Crippen LogP contribution in [-0.4, -0.2) is 4.98 Å². The van der Waals surface area contributed by atoms with Crippen LogP contribution in [0.15, 0.2) is 28.8 Å². The van der Waals surface area contributed by atoms with Gasteiger partial charge in [-0.05, 0) is 23.6 Å². The van der Waals surface area contributed by atoms with Gasteiger partial charge in [-0.25, -0.2) is 9.37 Å². The van der Waals surface area contributed by atoms with Gasteiger partial charge in [0.05, 0.1) is 0 Å². The van der Waals surface area contributed by atoms with Gasteiger partial charge >= 0.3 is 0 Å². The minimum atomic E-state index is -0.310. The smallest absolute Gasteiger partial charge is 0.172 e. The predicted molar refractivity (Wildman–Crippen MR) is 70.6 cm³/mol. The molecule has 3 rings (SSSR count). The average molecular weight is 264 g/mol. The molecule has 2 heterocycles. The van der Waals surface area contributed by atoms with Crippen LogP contribution < -0.4 is 0 Å². The SMILES string of the molecule is CC(C)c1ccc2c(oc3c(Cl)nccc32)c1F. The van der Waals surface area contributed by atoms with Crippen molar-refractivity contribution < 1.29 is 8.81 Å². The Balaban J connectivity index is 2.47. The summed E-state index contributed by atoms with van der Waals surface area (Å²) in [5.74, 6) is -0.203. The molecule has 1 aromatic carbocycles. The minimum absolute atomic E-state index is 0.108. The zero-order valence-corrected chi connectivity index (χ0v) is 10.8. The Morgan fingerprint density at radius 2 is 1.89 bits per heavy atom. The summed E-state index contributed by atoms with van der Waals surface area (Å²) in [6, 6.07) is 5.45. The van der Waals surface area contributed by atoms with Gasteiger partial charge in [-0.1, -0.05) is 31.5 Å². The first-order chi connectivity index (χ1) is 8.59. The van der Waals surface area contributed by atoms with Gasteiger partial charge in [0, 0.05) is 17.0 Å². The molecule has 0 fully saturated rings. The molecule has 92 valence electrons. The van der Waals surface area contributed by atoms with E-state index in [0.717, 1.165) is 10.8 Å². The van der Waals surface area contributed by atoms with Crippen LogP contribution in [0.2, 0.25) is 5.15 Å². The molecule has 18 heavy (non-hydrogen) atoms. The third kappa shape index (κ3) is 1.51. The Labute approximate surface area is 108 Å². The second kappa shape index (κ2) is 3.95. The van der Waals surface area contributed by atoms with Crippen LogP contribution in [0.5, 0.6) is 0 Å². The van der Waals surface area contributed by atoms with Crippen LogP contribution in [0.1, 0.15) is 25.3 Å². The standard InChI is InChI=1S/C14H11ClFNO/c1-7(2)8-3-4-9-10-5-6-17-14(15)13(10)18-12(9)11(8)16/h3-7H,1-2H3. The summed E-state index contributed by atoms with van der Waals surface area (Å²) in [7, 11) is 0. The van der Waals surface area contributed by atoms with Crippen LogP contribution >= 0.6 is 11.6 Å².